The lowest BCUT2D eigenvalue weighted by Gasteiger charge is -2.47. The fraction of sp³-hybridized carbons (Fsp3) is 0.545. The highest BCUT2D eigenvalue weighted by atomic mass is 16.5. The third-order valence-corrected chi connectivity index (χ3v) is 9.40. The molecular weight excluding hydrogens is 550 g/mol. The number of aryl methyl sites for hydroxylation is 1. The quantitative estimate of drug-likeness (QED) is 0.443. The van der Waals surface area contributed by atoms with Gasteiger partial charge in [0.25, 0.3) is 0 Å². The van der Waals surface area contributed by atoms with Crippen molar-refractivity contribution in [1.82, 2.24) is 10.2 Å². The summed E-state index contributed by atoms with van der Waals surface area (Å²) in [5, 5.41) is 17.2. The number of nitrogens with zero attached hydrogens (tertiary/aromatic N) is 1. The van der Waals surface area contributed by atoms with Crippen LogP contribution in [0.5, 0.6) is 17.2 Å². The molecule has 1 aliphatic heterocycles. The maximum absolute atomic E-state index is 13.7. The van der Waals surface area contributed by atoms with Crippen LogP contribution in [-0.2, 0) is 16.0 Å². The van der Waals surface area contributed by atoms with Crippen molar-refractivity contribution >= 4 is 17.5 Å². The molecule has 3 N–H and O–H groups in total. The first-order chi connectivity index (χ1) is 20.6. The molecule has 2 aromatic rings. The van der Waals surface area contributed by atoms with Crippen LogP contribution in [0.1, 0.15) is 69.5 Å². The Balaban J connectivity index is 1.51. The number of anilines is 1. The summed E-state index contributed by atoms with van der Waals surface area (Å²) in [6.07, 6.45) is 5.55. The first kappa shape index (κ1) is 30.7. The van der Waals surface area contributed by atoms with Gasteiger partial charge in [-0.1, -0.05) is 18.9 Å². The number of fused-ring (bicyclic) bond motifs is 4. The molecule has 2 aliphatic carbocycles. The number of rotatable bonds is 7. The molecule has 43 heavy (non-hydrogen) atoms. The van der Waals surface area contributed by atoms with Gasteiger partial charge in [-0.15, -0.1) is 0 Å². The number of methoxy groups -OCH3 is 3. The van der Waals surface area contributed by atoms with Crippen molar-refractivity contribution in [2.24, 2.45) is 5.92 Å². The Bertz CT molecular complexity index is 1460. The van der Waals surface area contributed by atoms with Crippen LogP contribution >= 0.6 is 0 Å². The minimum absolute atomic E-state index is 0.0859. The van der Waals surface area contributed by atoms with Crippen LogP contribution in [0.4, 0.5) is 5.69 Å². The second kappa shape index (κ2) is 12.4. The maximum Gasteiger partial charge on any atom is 0.244 e. The standard InChI is InChI=1S/C33H43N3O7/c1-19(32(39)36-15-14-33(40)13-7-6-8-22(33)18-36)34-26-12-10-23-24(17-27(26)38)25(35-20(2)37)11-9-21-16-28(41-3)30(42-4)31(43-5)29(21)23/h10,12,16-17,19,22,25,40H,6-9,11,13-15,18H2,1-5H3,(H,34,38)(H,35,37)/t19-,22-,25-,33+/m0/s1. The van der Waals surface area contributed by atoms with Gasteiger partial charge in [0.1, 0.15) is 6.04 Å². The molecule has 0 aromatic heterocycles. The Kier molecular flexibility index (Phi) is 8.87. The lowest BCUT2D eigenvalue weighted by atomic mass is 9.71. The van der Waals surface area contributed by atoms with Crippen LogP contribution in [0.3, 0.4) is 0 Å². The van der Waals surface area contributed by atoms with E-state index in [1.165, 1.54) is 6.92 Å². The van der Waals surface area contributed by atoms with Gasteiger partial charge in [-0.05, 0) is 73.9 Å². The summed E-state index contributed by atoms with van der Waals surface area (Å²) in [6.45, 7) is 4.25. The van der Waals surface area contributed by atoms with Crippen LogP contribution in [0.25, 0.3) is 11.1 Å². The summed E-state index contributed by atoms with van der Waals surface area (Å²) in [4.78, 5) is 41.2. The number of carbonyl (C=O) groups is 2. The Morgan fingerprint density at radius 2 is 1.81 bits per heavy atom. The molecule has 5 rings (SSSR count). The number of likely N-dealkylation sites (tertiary alicyclic amines) is 1. The Hall–Kier alpha value is -3.79. The molecule has 2 amide bonds. The zero-order valence-corrected chi connectivity index (χ0v) is 25.7. The fourth-order valence-corrected chi connectivity index (χ4v) is 7.17. The van der Waals surface area contributed by atoms with Crippen LogP contribution in [0.15, 0.2) is 29.1 Å². The monoisotopic (exact) mass is 593 g/mol. The molecule has 10 nitrogen and oxygen atoms in total. The van der Waals surface area contributed by atoms with Crippen molar-refractivity contribution in [3.05, 3.63) is 45.6 Å². The summed E-state index contributed by atoms with van der Waals surface area (Å²) in [5.74, 6) is 1.23. The molecule has 0 bridgehead atoms. The van der Waals surface area contributed by atoms with Crippen molar-refractivity contribution in [2.45, 2.75) is 76.5 Å². The van der Waals surface area contributed by atoms with Gasteiger partial charge in [0, 0.05) is 31.5 Å². The zero-order chi connectivity index (χ0) is 30.9. The molecule has 0 spiro atoms. The number of benzene rings is 1. The average molecular weight is 594 g/mol. The smallest absolute Gasteiger partial charge is 0.244 e. The molecule has 4 atom stereocenters. The minimum atomic E-state index is -0.673. The topological polar surface area (TPSA) is 126 Å². The number of hydrogen-bond acceptors (Lipinski definition) is 8. The lowest BCUT2D eigenvalue weighted by molar-refractivity contribution is -0.143. The van der Waals surface area contributed by atoms with Gasteiger partial charge in [0.2, 0.25) is 23.0 Å². The summed E-state index contributed by atoms with van der Waals surface area (Å²) in [7, 11) is 4.67. The second-order valence-electron chi connectivity index (χ2n) is 12.0. The van der Waals surface area contributed by atoms with Gasteiger partial charge in [-0.2, -0.15) is 0 Å². The van der Waals surface area contributed by atoms with Gasteiger partial charge < -0.3 is 34.9 Å². The van der Waals surface area contributed by atoms with E-state index < -0.39 is 17.7 Å². The number of nitrogens with one attached hydrogen (secondary N) is 2. The second-order valence-corrected chi connectivity index (χ2v) is 12.0. The molecule has 2 aromatic carbocycles. The molecular formula is C33H43N3O7. The SMILES string of the molecule is COc1cc2c(c(OC)c1OC)-c1ccc(N[C@@H](C)C(=O)N3CC[C@]4(O)CCCC[C@H]4C3)c(=O)cc1[C@@H](NC(C)=O)CC2. The van der Waals surface area contributed by atoms with E-state index in [0.29, 0.717) is 55.2 Å². The van der Waals surface area contributed by atoms with E-state index in [9.17, 15) is 19.5 Å². The minimum Gasteiger partial charge on any atom is -0.493 e. The van der Waals surface area contributed by atoms with Crippen LogP contribution in [0, 0.1) is 5.92 Å². The van der Waals surface area contributed by atoms with E-state index in [1.54, 1.807) is 40.4 Å². The molecule has 1 saturated heterocycles. The summed E-state index contributed by atoms with van der Waals surface area (Å²) in [5.41, 5.74) is 2.40. The molecule has 3 aliphatic rings. The number of ether oxygens (including phenoxy) is 3. The van der Waals surface area contributed by atoms with Crippen LogP contribution < -0.4 is 30.3 Å². The van der Waals surface area contributed by atoms with E-state index in [2.05, 4.69) is 10.6 Å². The van der Waals surface area contributed by atoms with Gasteiger partial charge in [0.15, 0.2) is 11.5 Å². The summed E-state index contributed by atoms with van der Waals surface area (Å²) in [6, 6.07) is 5.92. The average Bonchev–Trinajstić information content (AvgIpc) is 3.23. The van der Waals surface area contributed by atoms with Gasteiger partial charge in [-0.3, -0.25) is 14.4 Å². The predicted molar refractivity (Wildman–Crippen MR) is 164 cm³/mol. The maximum atomic E-state index is 13.7. The molecule has 2 fully saturated rings. The number of piperidine rings is 1. The third kappa shape index (κ3) is 5.89. The Labute approximate surface area is 252 Å². The van der Waals surface area contributed by atoms with Crippen molar-refractivity contribution in [3.63, 3.8) is 0 Å². The van der Waals surface area contributed by atoms with E-state index in [-0.39, 0.29) is 28.8 Å². The highest BCUT2D eigenvalue weighted by Crippen LogP contribution is 2.50. The molecule has 232 valence electrons. The van der Waals surface area contributed by atoms with Gasteiger partial charge in [0.05, 0.1) is 38.7 Å². The molecule has 1 saturated carbocycles. The fourth-order valence-electron chi connectivity index (χ4n) is 7.17. The van der Waals surface area contributed by atoms with Crippen LogP contribution in [-0.4, -0.2) is 67.9 Å². The summed E-state index contributed by atoms with van der Waals surface area (Å²) >= 11 is 0. The molecule has 10 heteroatoms. The number of hydrogen-bond donors (Lipinski definition) is 3. The van der Waals surface area contributed by atoms with Crippen molar-refractivity contribution in [3.8, 4) is 28.4 Å². The van der Waals surface area contributed by atoms with Crippen molar-refractivity contribution in [2.75, 3.05) is 39.7 Å². The normalized spacial score (nSPS) is 23.4. The number of carbonyl (C=O) groups excluding carboxylic acids is 2. The number of amides is 2. The first-order valence-electron chi connectivity index (χ1n) is 15.2. The lowest BCUT2D eigenvalue weighted by Crippen LogP contribution is -2.56. The van der Waals surface area contributed by atoms with E-state index in [4.69, 9.17) is 14.2 Å². The Morgan fingerprint density at radius 3 is 2.51 bits per heavy atom. The third-order valence-electron chi connectivity index (χ3n) is 9.40. The van der Waals surface area contributed by atoms with Crippen molar-refractivity contribution in [1.29, 1.82) is 0 Å². The highest BCUT2D eigenvalue weighted by molar-refractivity contribution is 5.86. The van der Waals surface area contributed by atoms with Crippen molar-refractivity contribution < 1.29 is 28.9 Å². The molecule has 1 heterocycles. The molecule has 0 unspecified atom stereocenters. The molecule has 0 radical (unpaired) electrons. The summed E-state index contributed by atoms with van der Waals surface area (Å²) < 4.78 is 17.1. The number of aliphatic hydroxyl groups is 1. The largest absolute Gasteiger partial charge is 0.493 e. The van der Waals surface area contributed by atoms with Crippen LogP contribution in [0.2, 0.25) is 0 Å². The van der Waals surface area contributed by atoms with E-state index in [0.717, 1.165) is 42.4 Å². The predicted octanol–water partition coefficient (Wildman–Crippen LogP) is 3.82. The highest BCUT2D eigenvalue weighted by Gasteiger charge is 2.44. The van der Waals surface area contributed by atoms with Gasteiger partial charge in [-0.25, -0.2) is 0 Å². The zero-order valence-electron chi connectivity index (χ0n) is 25.7. The Morgan fingerprint density at radius 1 is 1.05 bits per heavy atom. The van der Waals surface area contributed by atoms with Gasteiger partial charge >= 0.3 is 0 Å². The van der Waals surface area contributed by atoms with E-state index in [1.807, 2.05) is 17.0 Å². The first-order valence-corrected chi connectivity index (χ1v) is 15.2. The van der Waals surface area contributed by atoms with E-state index >= 15 is 0 Å².